The van der Waals surface area contributed by atoms with Gasteiger partial charge < -0.3 is 9.88 Å². The van der Waals surface area contributed by atoms with Crippen LogP contribution in [-0.4, -0.2) is 32.9 Å². The van der Waals surface area contributed by atoms with Crippen LogP contribution >= 0.6 is 0 Å². The van der Waals surface area contributed by atoms with Crippen LogP contribution in [0.2, 0.25) is 0 Å². The van der Waals surface area contributed by atoms with Crippen molar-refractivity contribution in [3.05, 3.63) is 55.3 Å². The number of imidazole rings is 1. The molecule has 0 saturated heterocycles. The lowest BCUT2D eigenvalue weighted by Gasteiger charge is -2.21. The summed E-state index contributed by atoms with van der Waals surface area (Å²) in [5.41, 5.74) is 4.98. The lowest BCUT2D eigenvalue weighted by molar-refractivity contribution is 1.08. The van der Waals surface area contributed by atoms with Gasteiger partial charge in [0, 0.05) is 19.7 Å². The van der Waals surface area contributed by atoms with Crippen molar-refractivity contribution in [3.63, 3.8) is 0 Å². The summed E-state index contributed by atoms with van der Waals surface area (Å²) in [6, 6.07) is 0. The van der Waals surface area contributed by atoms with Gasteiger partial charge in [0.05, 0.1) is 34.7 Å². The summed E-state index contributed by atoms with van der Waals surface area (Å²) >= 11 is 0. The Balaban J connectivity index is 1.96. The first-order chi connectivity index (χ1) is 11.2. The molecule has 1 aliphatic heterocycles. The zero-order valence-electron chi connectivity index (χ0n) is 13.0. The van der Waals surface area contributed by atoms with E-state index in [-0.39, 0.29) is 0 Å². The fraction of sp³-hybridized carbons (Fsp3) is 0.118. The highest BCUT2D eigenvalue weighted by atomic mass is 15.2. The maximum absolute atomic E-state index is 4.53. The molecule has 0 atom stereocenters. The van der Waals surface area contributed by atoms with E-state index in [2.05, 4.69) is 44.9 Å². The van der Waals surface area contributed by atoms with Gasteiger partial charge in [0.1, 0.15) is 5.69 Å². The Morgan fingerprint density at radius 1 is 1.35 bits per heavy atom. The molecule has 116 valence electrons. The van der Waals surface area contributed by atoms with Gasteiger partial charge in [0.25, 0.3) is 0 Å². The van der Waals surface area contributed by atoms with Gasteiger partial charge in [-0.1, -0.05) is 25.8 Å². The lowest BCUT2D eigenvalue weighted by Crippen LogP contribution is -2.21. The molecule has 6 nitrogen and oxygen atoms in total. The van der Waals surface area contributed by atoms with Crippen molar-refractivity contribution in [2.45, 2.75) is 6.42 Å². The first kappa shape index (κ1) is 14.8. The summed E-state index contributed by atoms with van der Waals surface area (Å²) in [5.74, 6) is 0.674. The zero-order valence-corrected chi connectivity index (χ0v) is 13.0. The maximum atomic E-state index is 4.53. The number of H-pyrrole nitrogens is 2. The van der Waals surface area contributed by atoms with Crippen LogP contribution in [0.15, 0.2) is 48.9 Å². The second kappa shape index (κ2) is 5.92. The average Bonchev–Trinajstić information content (AvgIpc) is 3.32. The van der Waals surface area contributed by atoms with Gasteiger partial charge in [0.2, 0.25) is 0 Å². The number of nitrogens with one attached hydrogen (secondary N) is 2. The van der Waals surface area contributed by atoms with Crippen LogP contribution in [0.5, 0.6) is 0 Å². The van der Waals surface area contributed by atoms with Gasteiger partial charge in [0.15, 0.2) is 5.82 Å². The normalized spacial score (nSPS) is 13.0. The number of aromatic amines is 2. The van der Waals surface area contributed by atoms with Crippen molar-refractivity contribution in [2.24, 2.45) is 4.99 Å². The van der Waals surface area contributed by atoms with E-state index < -0.39 is 0 Å². The Kier molecular flexibility index (Phi) is 3.80. The summed E-state index contributed by atoms with van der Waals surface area (Å²) in [4.78, 5) is 14.0. The SMILES string of the molecule is C=Cc1nc(-c2[nH]ncc2N(C)C(=C)C2=NC=CC2)[nH]c1C=C. The topological polar surface area (TPSA) is 73.0 Å². The Morgan fingerprint density at radius 2 is 2.17 bits per heavy atom. The third kappa shape index (κ3) is 2.55. The zero-order chi connectivity index (χ0) is 16.4. The van der Waals surface area contributed by atoms with Crippen molar-refractivity contribution in [1.29, 1.82) is 0 Å². The van der Waals surface area contributed by atoms with E-state index in [4.69, 9.17) is 0 Å². The molecule has 23 heavy (non-hydrogen) atoms. The third-order valence-electron chi connectivity index (χ3n) is 3.76. The molecule has 6 heteroatoms. The lowest BCUT2D eigenvalue weighted by atomic mass is 10.2. The highest BCUT2D eigenvalue weighted by molar-refractivity contribution is 6.05. The van der Waals surface area contributed by atoms with Crippen LogP contribution in [0.25, 0.3) is 23.7 Å². The molecule has 0 bridgehead atoms. The molecule has 3 heterocycles. The largest absolute Gasteiger partial charge is 0.340 e. The molecule has 2 aromatic heterocycles. The molecule has 0 radical (unpaired) electrons. The van der Waals surface area contributed by atoms with Crippen molar-refractivity contribution in [2.75, 3.05) is 11.9 Å². The maximum Gasteiger partial charge on any atom is 0.158 e. The second-order valence-electron chi connectivity index (χ2n) is 5.09. The van der Waals surface area contributed by atoms with Crippen LogP contribution in [-0.2, 0) is 0 Å². The predicted octanol–water partition coefficient (Wildman–Crippen LogP) is 3.39. The number of hydrogen-bond acceptors (Lipinski definition) is 4. The molecule has 2 N–H and O–H groups in total. The van der Waals surface area contributed by atoms with E-state index in [1.54, 1.807) is 24.5 Å². The molecule has 2 aromatic rings. The number of anilines is 1. The minimum atomic E-state index is 0.674. The minimum absolute atomic E-state index is 0.674. The Hall–Kier alpha value is -3.15. The van der Waals surface area contributed by atoms with Gasteiger partial charge in [-0.2, -0.15) is 5.10 Å². The van der Waals surface area contributed by atoms with E-state index >= 15 is 0 Å². The number of rotatable bonds is 6. The van der Waals surface area contributed by atoms with Crippen LogP contribution in [0.1, 0.15) is 17.8 Å². The van der Waals surface area contributed by atoms with Crippen molar-refractivity contribution < 1.29 is 0 Å². The molecule has 0 spiro atoms. The standard InChI is InChI=1S/C17H18N6/c1-5-12-13(6-2)21-17(20-12)16-15(10-19-22-16)23(4)11(3)14-8-7-9-18-14/h5-7,9-10H,1-3,8H2,4H3,(H,19,22)(H,20,21). The molecule has 0 aliphatic carbocycles. The predicted molar refractivity (Wildman–Crippen MR) is 95.1 cm³/mol. The summed E-state index contributed by atoms with van der Waals surface area (Å²) in [6.07, 6.45) is 9.74. The summed E-state index contributed by atoms with van der Waals surface area (Å²) in [6.45, 7) is 11.7. The smallest absolute Gasteiger partial charge is 0.158 e. The highest BCUT2D eigenvalue weighted by Gasteiger charge is 2.20. The fourth-order valence-corrected chi connectivity index (χ4v) is 2.43. The van der Waals surface area contributed by atoms with Gasteiger partial charge in [-0.3, -0.25) is 10.1 Å². The number of aromatic nitrogens is 4. The molecule has 0 saturated carbocycles. The summed E-state index contributed by atoms with van der Waals surface area (Å²) in [5, 5.41) is 7.13. The molecule has 1 aliphatic rings. The van der Waals surface area contributed by atoms with Crippen LogP contribution in [0.3, 0.4) is 0 Å². The van der Waals surface area contributed by atoms with E-state index in [1.807, 2.05) is 18.0 Å². The first-order valence-corrected chi connectivity index (χ1v) is 7.19. The Morgan fingerprint density at radius 3 is 2.78 bits per heavy atom. The highest BCUT2D eigenvalue weighted by Crippen LogP contribution is 2.29. The van der Waals surface area contributed by atoms with Gasteiger partial charge in [-0.15, -0.1) is 0 Å². The third-order valence-corrected chi connectivity index (χ3v) is 3.76. The quantitative estimate of drug-likeness (QED) is 0.859. The van der Waals surface area contributed by atoms with Crippen molar-refractivity contribution in [1.82, 2.24) is 20.2 Å². The van der Waals surface area contributed by atoms with Gasteiger partial charge >= 0.3 is 0 Å². The number of aliphatic imine (C=N–C) groups is 1. The fourth-order valence-electron chi connectivity index (χ4n) is 2.43. The van der Waals surface area contributed by atoms with E-state index in [9.17, 15) is 0 Å². The van der Waals surface area contributed by atoms with Crippen molar-refractivity contribution >= 4 is 23.6 Å². The number of hydrogen-bond donors (Lipinski definition) is 2. The van der Waals surface area contributed by atoms with Gasteiger partial charge in [-0.25, -0.2) is 4.98 Å². The summed E-state index contributed by atoms with van der Waals surface area (Å²) in [7, 11) is 1.93. The number of allylic oxidation sites excluding steroid dienone is 2. The van der Waals surface area contributed by atoms with E-state index in [1.165, 1.54) is 0 Å². The molecule has 0 fully saturated rings. The first-order valence-electron chi connectivity index (χ1n) is 7.19. The van der Waals surface area contributed by atoms with Crippen LogP contribution < -0.4 is 4.90 Å². The molecule has 0 amide bonds. The Labute approximate surface area is 134 Å². The van der Waals surface area contributed by atoms with Crippen LogP contribution in [0, 0.1) is 0 Å². The van der Waals surface area contributed by atoms with Crippen LogP contribution in [0.4, 0.5) is 5.69 Å². The second-order valence-corrected chi connectivity index (χ2v) is 5.09. The average molecular weight is 306 g/mol. The molecular formula is C17H18N6. The molecular weight excluding hydrogens is 288 g/mol. The van der Waals surface area contributed by atoms with Crippen molar-refractivity contribution in [3.8, 4) is 11.5 Å². The van der Waals surface area contributed by atoms with E-state index in [0.717, 1.165) is 40.6 Å². The molecule has 3 rings (SSSR count). The summed E-state index contributed by atoms with van der Waals surface area (Å²) < 4.78 is 0. The number of nitrogens with zero attached hydrogens (tertiary/aromatic N) is 4. The monoisotopic (exact) mass is 306 g/mol. The Bertz CT molecular complexity index is 808. The van der Waals surface area contributed by atoms with E-state index in [0.29, 0.717) is 5.82 Å². The molecule has 0 aromatic carbocycles. The van der Waals surface area contributed by atoms with Gasteiger partial charge in [-0.05, 0) is 12.2 Å². The molecule has 0 unspecified atom stereocenters. The minimum Gasteiger partial charge on any atom is -0.340 e.